The van der Waals surface area contributed by atoms with Crippen molar-refractivity contribution >= 4 is 17.4 Å². The van der Waals surface area contributed by atoms with Gasteiger partial charge in [-0.25, -0.2) is 0 Å². The molecule has 1 atom stereocenters. The Bertz CT molecular complexity index is 320. The van der Waals surface area contributed by atoms with E-state index >= 15 is 0 Å². The highest BCUT2D eigenvalue weighted by Crippen LogP contribution is 2.15. The summed E-state index contributed by atoms with van der Waals surface area (Å²) in [6.45, 7) is 1.51. The summed E-state index contributed by atoms with van der Waals surface area (Å²) in [5.41, 5.74) is -0.197. The Morgan fingerprint density at radius 1 is 1.40 bits per heavy atom. The highest BCUT2D eigenvalue weighted by Gasteiger charge is 2.28. The van der Waals surface area contributed by atoms with Gasteiger partial charge in [-0.1, -0.05) is 30.3 Å². The highest BCUT2D eigenvalue weighted by atomic mass is 35.5. The molecule has 2 nitrogen and oxygen atoms in total. The van der Waals surface area contributed by atoms with Crippen molar-refractivity contribution in [2.24, 2.45) is 0 Å². The first-order valence-electron chi connectivity index (χ1n) is 4.92. The first-order valence-corrected chi connectivity index (χ1v) is 5.45. The highest BCUT2D eigenvalue weighted by molar-refractivity contribution is 6.28. The monoisotopic (exact) mass is 226 g/mol. The van der Waals surface area contributed by atoms with Crippen LogP contribution in [0.5, 0.6) is 0 Å². The number of halogens is 1. The number of carbonyl (C=O) groups is 1. The van der Waals surface area contributed by atoms with Crippen molar-refractivity contribution < 1.29 is 9.90 Å². The Hall–Kier alpha value is -0.860. The zero-order chi connectivity index (χ0) is 11.3. The van der Waals surface area contributed by atoms with Gasteiger partial charge >= 0.3 is 0 Å². The Kier molecular flexibility index (Phi) is 4.30. The molecule has 1 aromatic carbocycles. The van der Waals surface area contributed by atoms with Gasteiger partial charge in [-0.3, -0.25) is 4.79 Å². The molecule has 0 saturated carbocycles. The molecule has 82 valence electrons. The molecular formula is C12H15ClO2. The molecule has 0 saturated heterocycles. The Morgan fingerprint density at radius 3 is 2.53 bits per heavy atom. The van der Waals surface area contributed by atoms with Crippen LogP contribution in [0.15, 0.2) is 30.3 Å². The predicted molar refractivity (Wildman–Crippen MR) is 61.1 cm³/mol. The molecule has 3 heteroatoms. The molecule has 0 aliphatic rings. The smallest absolute Gasteiger partial charge is 0.178 e. The van der Waals surface area contributed by atoms with Crippen molar-refractivity contribution in [2.45, 2.75) is 25.4 Å². The summed E-state index contributed by atoms with van der Waals surface area (Å²) in [7, 11) is 0. The van der Waals surface area contributed by atoms with Crippen molar-refractivity contribution in [1.82, 2.24) is 0 Å². The molecule has 0 spiro atoms. The number of hydrogen-bond acceptors (Lipinski definition) is 2. The van der Waals surface area contributed by atoms with Gasteiger partial charge in [0.1, 0.15) is 5.60 Å². The summed E-state index contributed by atoms with van der Waals surface area (Å²) in [5.74, 6) is -0.456. The van der Waals surface area contributed by atoms with E-state index in [1.807, 2.05) is 30.3 Å². The molecule has 0 heterocycles. The summed E-state index contributed by atoms with van der Waals surface area (Å²) >= 11 is 5.41. The minimum absolute atomic E-state index is 0.137. The van der Waals surface area contributed by atoms with E-state index in [2.05, 4.69) is 0 Å². The molecule has 1 aromatic rings. The van der Waals surface area contributed by atoms with Crippen LogP contribution in [0.2, 0.25) is 0 Å². The van der Waals surface area contributed by atoms with E-state index in [0.717, 1.165) is 5.56 Å². The molecule has 0 fully saturated rings. The quantitative estimate of drug-likeness (QED) is 0.782. The number of carbonyl (C=O) groups excluding carboxylic acids is 1. The lowest BCUT2D eigenvalue weighted by Crippen LogP contribution is -2.36. The summed E-state index contributed by atoms with van der Waals surface area (Å²) in [6, 6.07) is 9.76. The SMILES string of the molecule is C[C@](O)(CCc1ccccc1)C(=O)CCl. The van der Waals surface area contributed by atoms with Crippen LogP contribution in [0.25, 0.3) is 0 Å². The predicted octanol–water partition coefficient (Wildman–Crippen LogP) is 2.18. The lowest BCUT2D eigenvalue weighted by atomic mass is 9.93. The average Bonchev–Trinajstić information content (AvgIpc) is 2.27. The van der Waals surface area contributed by atoms with E-state index in [0.29, 0.717) is 12.8 Å². The first kappa shape index (κ1) is 12.2. The van der Waals surface area contributed by atoms with Crippen LogP contribution in [-0.2, 0) is 11.2 Å². The average molecular weight is 227 g/mol. The molecule has 0 radical (unpaired) electrons. The van der Waals surface area contributed by atoms with Crippen molar-refractivity contribution in [3.05, 3.63) is 35.9 Å². The molecule has 15 heavy (non-hydrogen) atoms. The van der Waals surface area contributed by atoms with E-state index < -0.39 is 5.60 Å². The molecule has 0 unspecified atom stereocenters. The zero-order valence-corrected chi connectivity index (χ0v) is 9.50. The number of rotatable bonds is 5. The number of Topliss-reactive ketones (excluding diaryl/α,β-unsaturated/α-hetero) is 1. The fraction of sp³-hybridized carbons (Fsp3) is 0.417. The number of benzene rings is 1. The van der Waals surface area contributed by atoms with Gasteiger partial charge < -0.3 is 5.11 Å². The second-order valence-corrected chi connectivity index (χ2v) is 4.08. The molecular weight excluding hydrogens is 212 g/mol. The van der Waals surface area contributed by atoms with Gasteiger partial charge in [0.15, 0.2) is 5.78 Å². The Balaban J connectivity index is 2.53. The number of aliphatic hydroxyl groups is 1. The molecule has 0 bridgehead atoms. The van der Waals surface area contributed by atoms with Gasteiger partial charge in [0, 0.05) is 0 Å². The third kappa shape index (κ3) is 3.65. The van der Waals surface area contributed by atoms with E-state index in [1.54, 1.807) is 0 Å². The lowest BCUT2D eigenvalue weighted by molar-refractivity contribution is -0.133. The molecule has 0 aliphatic carbocycles. The maximum absolute atomic E-state index is 11.3. The summed E-state index contributed by atoms with van der Waals surface area (Å²) in [5, 5.41) is 9.81. The van der Waals surface area contributed by atoms with Crippen LogP contribution in [-0.4, -0.2) is 22.4 Å². The van der Waals surface area contributed by atoms with Crippen LogP contribution < -0.4 is 0 Å². The van der Waals surface area contributed by atoms with Crippen molar-refractivity contribution in [1.29, 1.82) is 0 Å². The van der Waals surface area contributed by atoms with E-state index in [1.165, 1.54) is 6.92 Å². The van der Waals surface area contributed by atoms with Crippen molar-refractivity contribution in [3.8, 4) is 0 Å². The van der Waals surface area contributed by atoms with Gasteiger partial charge in [-0.2, -0.15) is 0 Å². The standard InChI is InChI=1S/C12H15ClO2/c1-12(15,11(14)9-13)8-7-10-5-3-2-4-6-10/h2-6,15H,7-9H2,1H3/t12-/m0/s1. The van der Waals surface area contributed by atoms with Gasteiger partial charge in [0.25, 0.3) is 0 Å². The van der Waals surface area contributed by atoms with Crippen LogP contribution in [0, 0.1) is 0 Å². The third-order valence-corrected chi connectivity index (χ3v) is 2.71. The van der Waals surface area contributed by atoms with E-state index in [4.69, 9.17) is 11.6 Å². The van der Waals surface area contributed by atoms with Crippen molar-refractivity contribution in [3.63, 3.8) is 0 Å². The second-order valence-electron chi connectivity index (χ2n) is 3.82. The topological polar surface area (TPSA) is 37.3 Å². The summed E-state index contributed by atoms with van der Waals surface area (Å²) in [4.78, 5) is 11.3. The fourth-order valence-electron chi connectivity index (χ4n) is 1.32. The molecule has 0 aliphatic heterocycles. The minimum Gasteiger partial charge on any atom is -0.382 e. The minimum atomic E-state index is -1.31. The molecule has 0 amide bonds. The molecule has 0 aromatic heterocycles. The second kappa shape index (κ2) is 5.29. The zero-order valence-electron chi connectivity index (χ0n) is 8.74. The number of hydrogen-bond donors (Lipinski definition) is 1. The molecule has 1 rings (SSSR count). The van der Waals surface area contributed by atoms with Crippen LogP contribution in [0.3, 0.4) is 0 Å². The van der Waals surface area contributed by atoms with Crippen LogP contribution in [0.1, 0.15) is 18.9 Å². The number of aryl methyl sites for hydroxylation is 1. The number of alkyl halides is 1. The summed E-state index contributed by atoms with van der Waals surface area (Å²) < 4.78 is 0. The van der Waals surface area contributed by atoms with E-state index in [-0.39, 0.29) is 11.7 Å². The third-order valence-electron chi connectivity index (χ3n) is 2.47. The summed E-state index contributed by atoms with van der Waals surface area (Å²) in [6.07, 6.45) is 1.08. The molecule has 1 N–H and O–H groups in total. The van der Waals surface area contributed by atoms with Crippen molar-refractivity contribution in [2.75, 3.05) is 5.88 Å². The normalized spacial score (nSPS) is 14.6. The van der Waals surface area contributed by atoms with E-state index in [9.17, 15) is 9.90 Å². The number of ketones is 1. The lowest BCUT2D eigenvalue weighted by Gasteiger charge is -2.20. The Labute approximate surface area is 94.9 Å². The fourth-order valence-corrected chi connectivity index (χ4v) is 1.60. The first-order chi connectivity index (χ1) is 7.06. The largest absolute Gasteiger partial charge is 0.382 e. The van der Waals surface area contributed by atoms with Gasteiger partial charge in [-0.15, -0.1) is 11.6 Å². The maximum atomic E-state index is 11.3. The van der Waals surface area contributed by atoms with Crippen LogP contribution >= 0.6 is 11.6 Å². The van der Waals surface area contributed by atoms with Gasteiger partial charge in [-0.05, 0) is 25.3 Å². The van der Waals surface area contributed by atoms with Gasteiger partial charge in [0.2, 0.25) is 0 Å². The Morgan fingerprint density at radius 2 is 2.00 bits per heavy atom. The maximum Gasteiger partial charge on any atom is 0.178 e. The van der Waals surface area contributed by atoms with Crippen LogP contribution in [0.4, 0.5) is 0 Å². The van der Waals surface area contributed by atoms with Gasteiger partial charge in [0.05, 0.1) is 5.88 Å².